The molecule has 1 rings (SSSR count). The molecule has 3 heteroatoms. The summed E-state index contributed by atoms with van der Waals surface area (Å²) < 4.78 is 0. The molecule has 0 saturated heterocycles. The van der Waals surface area contributed by atoms with Gasteiger partial charge >= 0.3 is 0 Å². The SMILES string of the molecule is C[SiH2]c1ncc[nH]1. The standard InChI is InChI=1S/C4H8N2Si/c1-7-4-5-2-3-6-4/h2-3H,7H2,1H3,(H,5,6). The van der Waals surface area contributed by atoms with Crippen molar-refractivity contribution in [1.82, 2.24) is 9.97 Å². The predicted octanol–water partition coefficient (Wildman–Crippen LogP) is -0.748. The molecule has 1 aromatic rings. The maximum Gasteiger partial charge on any atom is 0.0969 e. The first-order valence-electron chi connectivity index (χ1n) is 2.41. The Balaban J connectivity index is 2.76. The minimum absolute atomic E-state index is 0.0332. The van der Waals surface area contributed by atoms with Crippen molar-refractivity contribution in [3.8, 4) is 0 Å². The molecule has 0 aliphatic rings. The summed E-state index contributed by atoms with van der Waals surface area (Å²) in [4.78, 5) is 7.08. The van der Waals surface area contributed by atoms with Crippen LogP contribution in [0.15, 0.2) is 12.4 Å². The smallest absolute Gasteiger partial charge is 0.0969 e. The van der Waals surface area contributed by atoms with E-state index in [0.29, 0.717) is 0 Å². The third kappa shape index (κ3) is 0.897. The van der Waals surface area contributed by atoms with Crippen molar-refractivity contribution in [3.05, 3.63) is 12.4 Å². The molecule has 0 fully saturated rings. The zero-order valence-corrected chi connectivity index (χ0v) is 5.72. The molecular formula is C4H8N2Si. The van der Waals surface area contributed by atoms with Gasteiger partial charge in [0.15, 0.2) is 0 Å². The third-order valence-electron chi connectivity index (χ3n) is 0.890. The largest absolute Gasteiger partial charge is 0.353 e. The summed E-state index contributed by atoms with van der Waals surface area (Å²) in [5, 5.41) is 0. The second-order valence-corrected chi connectivity index (χ2v) is 2.77. The number of hydrogen-bond donors (Lipinski definition) is 1. The van der Waals surface area contributed by atoms with Crippen LogP contribution in [0, 0.1) is 0 Å². The molecule has 2 nitrogen and oxygen atoms in total. The molecule has 0 aliphatic heterocycles. The molecule has 1 N–H and O–H groups in total. The Bertz CT molecular complexity index is 124. The Morgan fingerprint density at radius 1 is 1.86 bits per heavy atom. The van der Waals surface area contributed by atoms with Crippen LogP contribution in [0.4, 0.5) is 0 Å². The molecule has 0 saturated carbocycles. The van der Waals surface area contributed by atoms with Gasteiger partial charge in [-0.25, -0.2) is 4.98 Å². The second kappa shape index (κ2) is 1.93. The molecule has 0 atom stereocenters. The van der Waals surface area contributed by atoms with Gasteiger partial charge in [0.2, 0.25) is 0 Å². The molecule has 1 aromatic heterocycles. The van der Waals surface area contributed by atoms with Crippen molar-refractivity contribution in [3.63, 3.8) is 0 Å². The van der Waals surface area contributed by atoms with E-state index in [1.54, 1.807) is 6.20 Å². The summed E-state index contributed by atoms with van der Waals surface area (Å²) in [7, 11) is -0.0332. The van der Waals surface area contributed by atoms with Gasteiger partial charge in [0, 0.05) is 12.4 Å². The lowest BCUT2D eigenvalue weighted by atomic mass is 11.0. The van der Waals surface area contributed by atoms with Crippen molar-refractivity contribution < 1.29 is 0 Å². The Kier molecular flexibility index (Phi) is 1.26. The van der Waals surface area contributed by atoms with Gasteiger partial charge in [0.25, 0.3) is 0 Å². The highest BCUT2D eigenvalue weighted by atomic mass is 28.2. The molecule has 0 amide bonds. The average molecular weight is 112 g/mol. The first-order chi connectivity index (χ1) is 3.43. The fourth-order valence-electron chi connectivity index (χ4n) is 0.491. The lowest BCUT2D eigenvalue weighted by molar-refractivity contribution is 1.40. The zero-order chi connectivity index (χ0) is 5.11. The number of aromatic amines is 1. The summed E-state index contributed by atoms with van der Waals surface area (Å²) in [6, 6.07) is 0. The van der Waals surface area contributed by atoms with Crippen LogP contribution in [0.3, 0.4) is 0 Å². The minimum Gasteiger partial charge on any atom is -0.353 e. The molecule has 0 radical (unpaired) electrons. The van der Waals surface area contributed by atoms with Crippen LogP contribution >= 0.6 is 0 Å². The maximum absolute atomic E-state index is 4.04. The van der Waals surface area contributed by atoms with Crippen molar-refractivity contribution in [2.24, 2.45) is 0 Å². The van der Waals surface area contributed by atoms with Gasteiger partial charge in [-0.2, -0.15) is 0 Å². The van der Waals surface area contributed by atoms with Gasteiger partial charge in [-0.05, 0) is 0 Å². The number of rotatable bonds is 1. The maximum atomic E-state index is 4.04. The van der Waals surface area contributed by atoms with Crippen molar-refractivity contribution in [1.29, 1.82) is 0 Å². The molecule has 0 bridgehead atoms. The normalized spacial score (nSPS) is 11.0. The van der Waals surface area contributed by atoms with E-state index in [1.165, 1.54) is 5.45 Å². The number of hydrogen-bond acceptors (Lipinski definition) is 1. The average Bonchev–Trinajstić information content (AvgIpc) is 2.14. The molecule has 7 heavy (non-hydrogen) atoms. The van der Waals surface area contributed by atoms with Crippen LogP contribution < -0.4 is 5.45 Å². The van der Waals surface area contributed by atoms with Gasteiger partial charge < -0.3 is 4.98 Å². The second-order valence-electron chi connectivity index (χ2n) is 1.39. The first-order valence-corrected chi connectivity index (χ1v) is 4.54. The van der Waals surface area contributed by atoms with Crippen LogP contribution in [0.5, 0.6) is 0 Å². The van der Waals surface area contributed by atoms with E-state index in [-0.39, 0.29) is 9.52 Å². The summed E-state index contributed by atoms with van der Waals surface area (Å²) in [6.07, 6.45) is 3.66. The van der Waals surface area contributed by atoms with E-state index in [4.69, 9.17) is 0 Å². The van der Waals surface area contributed by atoms with E-state index < -0.39 is 0 Å². The monoisotopic (exact) mass is 112 g/mol. The molecule has 0 aromatic carbocycles. The van der Waals surface area contributed by atoms with Gasteiger partial charge in [-0.3, -0.25) is 0 Å². The lowest BCUT2D eigenvalue weighted by Crippen LogP contribution is -2.13. The van der Waals surface area contributed by atoms with E-state index in [2.05, 4.69) is 16.5 Å². The van der Waals surface area contributed by atoms with Crippen LogP contribution in [0.1, 0.15) is 0 Å². The zero-order valence-electron chi connectivity index (χ0n) is 4.31. The van der Waals surface area contributed by atoms with Gasteiger partial charge in [-0.15, -0.1) is 0 Å². The Hall–Kier alpha value is -0.573. The van der Waals surface area contributed by atoms with Crippen LogP contribution in [0.2, 0.25) is 6.55 Å². The molecule has 0 spiro atoms. The number of nitrogens with one attached hydrogen (secondary N) is 1. The topological polar surface area (TPSA) is 28.7 Å². The van der Waals surface area contributed by atoms with Crippen molar-refractivity contribution in [2.75, 3.05) is 0 Å². The highest BCUT2D eigenvalue weighted by Gasteiger charge is 1.83. The molecule has 0 unspecified atom stereocenters. The van der Waals surface area contributed by atoms with Crippen LogP contribution in [-0.4, -0.2) is 19.5 Å². The van der Waals surface area contributed by atoms with Crippen LogP contribution in [-0.2, 0) is 0 Å². The summed E-state index contributed by atoms with van der Waals surface area (Å²) >= 11 is 0. The Morgan fingerprint density at radius 2 is 2.71 bits per heavy atom. The third-order valence-corrected chi connectivity index (χ3v) is 1.95. The number of imidazole rings is 1. The van der Waals surface area contributed by atoms with Crippen LogP contribution in [0.25, 0.3) is 0 Å². The van der Waals surface area contributed by atoms with E-state index >= 15 is 0 Å². The first kappa shape index (κ1) is 4.58. The quantitative estimate of drug-likeness (QED) is 0.476. The van der Waals surface area contributed by atoms with Crippen molar-refractivity contribution >= 4 is 15.0 Å². The number of H-pyrrole nitrogens is 1. The Labute approximate surface area is 44.8 Å². The highest BCUT2D eigenvalue weighted by Crippen LogP contribution is 1.64. The summed E-state index contributed by atoms with van der Waals surface area (Å²) in [6.45, 7) is 2.21. The van der Waals surface area contributed by atoms with Gasteiger partial charge in [-0.1, -0.05) is 6.55 Å². The highest BCUT2D eigenvalue weighted by molar-refractivity contribution is 6.49. The predicted molar refractivity (Wildman–Crippen MR) is 32.6 cm³/mol. The van der Waals surface area contributed by atoms with Crippen molar-refractivity contribution in [2.45, 2.75) is 6.55 Å². The molecule has 0 aliphatic carbocycles. The van der Waals surface area contributed by atoms with E-state index in [0.717, 1.165) is 0 Å². The van der Waals surface area contributed by atoms with Gasteiger partial charge in [0.05, 0.1) is 15.0 Å². The summed E-state index contributed by atoms with van der Waals surface area (Å²) in [5.41, 5.74) is 1.19. The molecule has 1 heterocycles. The minimum atomic E-state index is -0.0332. The fourth-order valence-corrected chi connectivity index (χ4v) is 1.10. The van der Waals surface area contributed by atoms with Gasteiger partial charge in [0.1, 0.15) is 0 Å². The van der Waals surface area contributed by atoms with E-state index in [9.17, 15) is 0 Å². The fraction of sp³-hybridized carbons (Fsp3) is 0.250. The number of aromatic nitrogens is 2. The van der Waals surface area contributed by atoms with E-state index in [1.807, 2.05) is 6.20 Å². The lowest BCUT2D eigenvalue weighted by Gasteiger charge is -1.78. The Morgan fingerprint density at radius 3 is 3.00 bits per heavy atom. The summed E-state index contributed by atoms with van der Waals surface area (Å²) in [5.74, 6) is 0. The number of nitrogens with zero attached hydrogens (tertiary/aromatic N) is 1. The molecule has 38 valence electrons. The molecular weight excluding hydrogens is 104 g/mol.